The lowest BCUT2D eigenvalue weighted by atomic mass is 9.68. The van der Waals surface area contributed by atoms with Crippen LogP contribution in [0, 0.1) is 0 Å². The fraction of sp³-hybridized carbons (Fsp3) is 0.833. The number of hydrogen-bond acceptors (Lipinski definition) is 4. The summed E-state index contributed by atoms with van der Waals surface area (Å²) in [6, 6.07) is 0. The maximum Gasteiger partial charge on any atom is 0.457 e. The molecule has 1 fully saturated rings. The van der Waals surface area contributed by atoms with Gasteiger partial charge in [-0.2, -0.15) is 0 Å². The van der Waals surface area contributed by atoms with Gasteiger partial charge in [-0.25, -0.2) is 0 Å². The number of aliphatic carboxylic acids is 1. The van der Waals surface area contributed by atoms with Crippen LogP contribution in [0.5, 0.6) is 0 Å². The van der Waals surface area contributed by atoms with Gasteiger partial charge < -0.3 is 19.6 Å². The number of carboxylic acid groups (broad SMARTS) is 1. The Hall–Kier alpha value is -0.545. The van der Waals surface area contributed by atoms with Crippen molar-refractivity contribution < 1.29 is 19.6 Å². The molecule has 0 saturated carbocycles. The number of hydrogen-bond donors (Lipinski definition) is 1. The summed E-state index contributed by atoms with van der Waals surface area (Å²) in [4.78, 5) is 10.3. The minimum atomic E-state index is -1.24. The van der Waals surface area contributed by atoms with Crippen molar-refractivity contribution in [2.75, 3.05) is 0 Å². The highest BCUT2D eigenvalue weighted by molar-refractivity contribution is 6.45. The van der Waals surface area contributed by atoms with E-state index in [1.807, 2.05) is 6.92 Å². The highest BCUT2D eigenvalue weighted by Crippen LogP contribution is 2.24. The number of rotatable bonds is 1. The Morgan fingerprint density at radius 1 is 1.73 bits per heavy atom. The van der Waals surface area contributed by atoms with Crippen molar-refractivity contribution in [3.63, 3.8) is 0 Å². The molecule has 1 saturated heterocycles. The van der Waals surface area contributed by atoms with Crippen LogP contribution in [0.25, 0.3) is 0 Å². The fourth-order valence-corrected chi connectivity index (χ4v) is 1.10. The maximum atomic E-state index is 10.3. The van der Waals surface area contributed by atoms with Crippen LogP contribution in [0.15, 0.2) is 0 Å². The summed E-state index contributed by atoms with van der Waals surface area (Å²) in [5.41, 5.74) is 0. The molecule has 62 valence electrons. The third-order valence-corrected chi connectivity index (χ3v) is 1.94. The van der Waals surface area contributed by atoms with Crippen molar-refractivity contribution in [3.8, 4) is 0 Å². The van der Waals surface area contributed by atoms with E-state index in [4.69, 9.17) is 9.68 Å². The smallest absolute Gasteiger partial charge is 0.457 e. The maximum absolute atomic E-state index is 10.3. The zero-order valence-corrected chi connectivity index (χ0v) is 6.32. The Kier molecular flexibility index (Phi) is 2.51. The molecular formula is C6H10BO4-. The van der Waals surface area contributed by atoms with Gasteiger partial charge in [-0.1, -0.05) is 6.92 Å². The van der Waals surface area contributed by atoms with Crippen molar-refractivity contribution in [1.82, 2.24) is 0 Å². The Bertz CT molecular complexity index is 161. The van der Waals surface area contributed by atoms with E-state index in [2.05, 4.69) is 0 Å². The minimum Gasteiger partial charge on any atom is -0.547 e. The van der Waals surface area contributed by atoms with Crippen molar-refractivity contribution in [2.24, 2.45) is 0 Å². The quantitative estimate of drug-likeness (QED) is 0.484. The average Bonchev–Trinajstić information content (AvgIpc) is 1.94. The lowest BCUT2D eigenvalue weighted by Crippen LogP contribution is -2.45. The van der Waals surface area contributed by atoms with E-state index in [9.17, 15) is 9.90 Å². The lowest BCUT2D eigenvalue weighted by Gasteiger charge is -2.29. The summed E-state index contributed by atoms with van der Waals surface area (Å²) in [6.45, 7) is 1.82. The number of carbonyl (C=O) groups excluding carboxylic acids is 1. The van der Waals surface area contributed by atoms with Crippen molar-refractivity contribution in [2.45, 2.75) is 31.7 Å². The molecule has 4 nitrogen and oxygen atoms in total. The zero-order chi connectivity index (χ0) is 8.43. The molecule has 0 aromatic rings. The monoisotopic (exact) mass is 157 g/mol. The van der Waals surface area contributed by atoms with E-state index in [0.717, 1.165) is 0 Å². The highest BCUT2D eigenvalue weighted by atomic mass is 16.5. The Labute approximate surface area is 65.3 Å². The molecule has 0 bridgehead atoms. The van der Waals surface area contributed by atoms with Gasteiger partial charge in [0.25, 0.3) is 0 Å². The molecule has 0 radical (unpaired) electrons. The van der Waals surface area contributed by atoms with Crippen LogP contribution in [0.2, 0.25) is 5.82 Å². The molecule has 11 heavy (non-hydrogen) atoms. The van der Waals surface area contributed by atoms with Crippen LogP contribution in [0.1, 0.15) is 19.8 Å². The summed E-state index contributed by atoms with van der Waals surface area (Å²) in [7, 11) is -0.952. The van der Waals surface area contributed by atoms with Gasteiger partial charge in [-0.3, -0.25) is 0 Å². The van der Waals surface area contributed by atoms with E-state index < -0.39 is 19.2 Å². The Morgan fingerprint density at radius 3 is 2.82 bits per heavy atom. The number of carboxylic acids is 1. The molecule has 0 aliphatic carbocycles. The normalized spacial score (nSPS) is 32.0. The van der Waals surface area contributed by atoms with Gasteiger partial charge in [-0.15, -0.1) is 0 Å². The molecule has 0 aromatic heterocycles. The Morgan fingerprint density at radius 2 is 2.36 bits per heavy atom. The summed E-state index contributed by atoms with van der Waals surface area (Å²) in [6.07, 6.45) is 0.168. The standard InChI is InChI=1S/C6H11BO4/c1-4-2-3-5(6(8)9)11-7(4)10/h4-5,10H,2-3H2,1H3,(H,8,9)/p-1/t4-,5+/m0/s1. The lowest BCUT2D eigenvalue weighted by molar-refractivity contribution is -0.314. The topological polar surface area (TPSA) is 69.6 Å². The molecule has 1 N–H and O–H groups in total. The Balaban J connectivity index is 2.46. The summed E-state index contributed by atoms with van der Waals surface area (Å²) in [5, 5.41) is 19.3. The van der Waals surface area contributed by atoms with Gasteiger partial charge in [-0.05, 0) is 18.7 Å². The van der Waals surface area contributed by atoms with Gasteiger partial charge in [0, 0.05) is 0 Å². The second-order valence-electron chi connectivity index (χ2n) is 2.89. The molecule has 0 unspecified atom stereocenters. The average molecular weight is 157 g/mol. The molecule has 5 heteroatoms. The summed E-state index contributed by atoms with van der Waals surface area (Å²) >= 11 is 0. The summed E-state index contributed by atoms with van der Waals surface area (Å²) in [5.74, 6) is -1.22. The molecule has 1 aliphatic heterocycles. The van der Waals surface area contributed by atoms with E-state index in [1.54, 1.807) is 0 Å². The number of carbonyl (C=O) groups is 1. The molecule has 0 aromatic carbocycles. The van der Waals surface area contributed by atoms with E-state index in [-0.39, 0.29) is 5.82 Å². The zero-order valence-electron chi connectivity index (χ0n) is 6.32. The largest absolute Gasteiger partial charge is 0.547 e. The molecule has 1 aliphatic rings. The molecule has 2 atom stereocenters. The molecule has 0 amide bonds. The van der Waals surface area contributed by atoms with Crippen LogP contribution >= 0.6 is 0 Å². The van der Waals surface area contributed by atoms with Crippen LogP contribution in [0.3, 0.4) is 0 Å². The van der Waals surface area contributed by atoms with Crippen LogP contribution in [0.4, 0.5) is 0 Å². The van der Waals surface area contributed by atoms with E-state index in [1.165, 1.54) is 0 Å². The van der Waals surface area contributed by atoms with Crippen LogP contribution in [-0.2, 0) is 9.45 Å². The minimum absolute atomic E-state index is 0.0191. The van der Waals surface area contributed by atoms with Crippen LogP contribution < -0.4 is 5.11 Å². The van der Waals surface area contributed by atoms with Crippen molar-refractivity contribution in [1.29, 1.82) is 0 Å². The van der Waals surface area contributed by atoms with E-state index in [0.29, 0.717) is 12.8 Å². The third kappa shape index (κ3) is 1.94. The van der Waals surface area contributed by atoms with Gasteiger partial charge in [0.15, 0.2) is 0 Å². The molecule has 0 spiro atoms. The first-order valence-corrected chi connectivity index (χ1v) is 3.65. The van der Waals surface area contributed by atoms with E-state index >= 15 is 0 Å². The predicted molar refractivity (Wildman–Crippen MR) is 36.5 cm³/mol. The first-order valence-electron chi connectivity index (χ1n) is 3.65. The van der Waals surface area contributed by atoms with Crippen molar-refractivity contribution in [3.05, 3.63) is 0 Å². The van der Waals surface area contributed by atoms with Gasteiger partial charge in [0.2, 0.25) is 0 Å². The van der Waals surface area contributed by atoms with Gasteiger partial charge >= 0.3 is 7.12 Å². The third-order valence-electron chi connectivity index (χ3n) is 1.94. The SMILES string of the molecule is C[C@H]1CC[C@H](C(=O)[O-])OB1O. The fourth-order valence-electron chi connectivity index (χ4n) is 1.10. The van der Waals surface area contributed by atoms with Gasteiger partial charge in [0.05, 0.1) is 12.1 Å². The first-order chi connectivity index (χ1) is 5.11. The second kappa shape index (κ2) is 3.23. The predicted octanol–water partition coefficient (Wildman–Crippen LogP) is -1.21. The molecular weight excluding hydrogens is 147 g/mol. The highest BCUT2D eigenvalue weighted by Gasteiger charge is 2.31. The molecule has 1 heterocycles. The van der Waals surface area contributed by atoms with Crippen LogP contribution in [-0.4, -0.2) is 24.2 Å². The van der Waals surface area contributed by atoms with Crippen molar-refractivity contribution >= 4 is 13.1 Å². The molecule has 1 rings (SSSR count). The second-order valence-corrected chi connectivity index (χ2v) is 2.89. The summed E-state index contributed by atoms with van der Waals surface area (Å²) < 4.78 is 4.75. The first kappa shape index (κ1) is 8.55. The van der Waals surface area contributed by atoms with Gasteiger partial charge in [0.1, 0.15) is 0 Å².